The smallest absolute Gasteiger partial charge is 0.310 e. The number of aliphatic hydroxyl groups excluding tert-OH is 1. The molecule has 2 saturated carbocycles. The minimum absolute atomic E-state index is 0.149. The van der Waals surface area contributed by atoms with E-state index in [4.69, 9.17) is 4.74 Å². The third-order valence-electron chi connectivity index (χ3n) is 12.1. The molecule has 0 heterocycles. The Kier molecular flexibility index (Phi) is 15.2. The quantitative estimate of drug-likeness (QED) is 0.218. The molecule has 8 heteroatoms. The van der Waals surface area contributed by atoms with Gasteiger partial charge < -0.3 is 14.6 Å². The van der Waals surface area contributed by atoms with Crippen molar-refractivity contribution in [1.29, 1.82) is 0 Å². The standard InChI is InChI=1S/C23H30O3.C21H28O2.C4H6O3/c1-5-17-12-15(3)13-18(6-2)20(17)21-19(25)14-23(10-8-7-9-11-23)22(21)26-16(4)24;1-4-15-11-14(3)12-16(5-2)18(15)19-17(22)13-21(20(19)23)9-7-6-8-10-21;1-3(5)7-4(2)6/h12-13H,5-11,14H2,1-4H3;11-12,23H,4-10,13H2,1-3H3;1-2H3. The van der Waals surface area contributed by atoms with Crippen LogP contribution in [0, 0.1) is 24.7 Å². The highest BCUT2D eigenvalue weighted by Crippen LogP contribution is 2.55. The molecule has 0 aliphatic heterocycles. The lowest BCUT2D eigenvalue weighted by atomic mass is 9.72. The van der Waals surface area contributed by atoms with Gasteiger partial charge >= 0.3 is 17.9 Å². The predicted molar refractivity (Wildman–Crippen MR) is 221 cm³/mol. The Balaban J connectivity index is 0.000000214. The van der Waals surface area contributed by atoms with Gasteiger partial charge in [0.15, 0.2) is 11.6 Å². The second-order valence-electron chi connectivity index (χ2n) is 16.3. The first kappa shape index (κ1) is 44.4. The summed E-state index contributed by atoms with van der Waals surface area (Å²) >= 11 is 0. The lowest BCUT2D eigenvalue weighted by Crippen LogP contribution is -2.26. The number of rotatable bonds is 7. The van der Waals surface area contributed by atoms with E-state index in [1.807, 2.05) is 0 Å². The average molecular weight is 769 g/mol. The van der Waals surface area contributed by atoms with Gasteiger partial charge in [-0.05, 0) is 98.6 Å². The van der Waals surface area contributed by atoms with Crippen LogP contribution in [-0.4, -0.2) is 34.6 Å². The van der Waals surface area contributed by atoms with Crippen molar-refractivity contribution in [2.45, 2.75) is 165 Å². The fourth-order valence-corrected chi connectivity index (χ4v) is 9.68. The van der Waals surface area contributed by atoms with Crippen LogP contribution in [0.3, 0.4) is 0 Å². The summed E-state index contributed by atoms with van der Waals surface area (Å²) in [7, 11) is 0. The molecule has 8 nitrogen and oxygen atoms in total. The normalized spacial score (nSPS) is 18.4. The zero-order valence-electron chi connectivity index (χ0n) is 35.4. The van der Waals surface area contributed by atoms with Crippen molar-refractivity contribution in [3.63, 3.8) is 0 Å². The van der Waals surface area contributed by atoms with Gasteiger partial charge in [-0.2, -0.15) is 0 Å². The molecule has 2 fully saturated rings. The Labute approximate surface area is 334 Å². The number of ether oxygens (including phenoxy) is 2. The first-order chi connectivity index (χ1) is 26.6. The van der Waals surface area contributed by atoms with E-state index in [1.165, 1.54) is 67.0 Å². The van der Waals surface area contributed by atoms with Gasteiger partial charge in [-0.15, -0.1) is 0 Å². The number of benzene rings is 2. The average Bonchev–Trinajstić information content (AvgIpc) is 3.53. The van der Waals surface area contributed by atoms with E-state index >= 15 is 0 Å². The van der Waals surface area contributed by atoms with E-state index < -0.39 is 11.9 Å². The SMILES string of the molecule is CC(=O)OC(C)=O.CCc1cc(C)cc(CC)c1C1=C(O)C2(CCCCC2)CC1=O.CCc1cc(C)cc(CC)c1C1=C(OC(C)=O)C2(CCCCC2)CC1=O. The highest BCUT2D eigenvalue weighted by atomic mass is 16.6. The highest BCUT2D eigenvalue weighted by Gasteiger charge is 2.49. The molecule has 1 N–H and O–H groups in total. The minimum atomic E-state index is -0.562. The summed E-state index contributed by atoms with van der Waals surface area (Å²) in [5.74, 6) is -0.0761. The molecule has 0 saturated heterocycles. The zero-order valence-corrected chi connectivity index (χ0v) is 35.4. The van der Waals surface area contributed by atoms with Crippen molar-refractivity contribution in [3.05, 3.63) is 80.3 Å². The summed E-state index contributed by atoms with van der Waals surface area (Å²) in [5, 5.41) is 11.1. The van der Waals surface area contributed by atoms with E-state index in [9.17, 15) is 29.1 Å². The van der Waals surface area contributed by atoms with Gasteiger partial charge in [0.1, 0.15) is 11.5 Å². The Morgan fingerprint density at radius 1 is 0.571 bits per heavy atom. The van der Waals surface area contributed by atoms with Crippen LogP contribution in [0.2, 0.25) is 0 Å². The molecule has 4 aliphatic rings. The van der Waals surface area contributed by atoms with Crippen molar-refractivity contribution < 1.29 is 38.6 Å². The van der Waals surface area contributed by atoms with Crippen LogP contribution in [0.15, 0.2) is 35.8 Å². The van der Waals surface area contributed by atoms with Crippen LogP contribution in [0.5, 0.6) is 0 Å². The highest BCUT2D eigenvalue weighted by molar-refractivity contribution is 6.25. The van der Waals surface area contributed by atoms with Crippen LogP contribution in [-0.2, 0) is 59.1 Å². The van der Waals surface area contributed by atoms with Crippen molar-refractivity contribution >= 4 is 40.6 Å². The second-order valence-corrected chi connectivity index (χ2v) is 16.3. The molecule has 0 atom stereocenters. The third kappa shape index (κ3) is 9.78. The monoisotopic (exact) mass is 768 g/mol. The molecule has 6 rings (SSSR count). The molecular weight excluding hydrogens is 705 g/mol. The summed E-state index contributed by atoms with van der Waals surface area (Å²) in [4.78, 5) is 57.6. The Hall–Kier alpha value is -4.33. The fourth-order valence-electron chi connectivity index (χ4n) is 9.68. The van der Waals surface area contributed by atoms with Gasteiger partial charge in [-0.25, -0.2) is 0 Å². The lowest BCUT2D eigenvalue weighted by molar-refractivity contribution is -0.156. The number of hydrogen-bond acceptors (Lipinski definition) is 8. The molecule has 2 aromatic rings. The molecule has 4 aliphatic carbocycles. The molecule has 0 unspecified atom stereocenters. The fraction of sp³-hybridized carbons (Fsp3) is 0.562. The number of Topliss-reactive ketones (excluding diaryl/α,β-unsaturated/α-hetero) is 2. The Bertz CT molecular complexity index is 1830. The largest absolute Gasteiger partial charge is 0.511 e. The number of carbonyl (C=O) groups excluding carboxylic acids is 5. The number of ketones is 2. The topological polar surface area (TPSA) is 124 Å². The maximum absolute atomic E-state index is 13.2. The summed E-state index contributed by atoms with van der Waals surface area (Å²) in [6, 6.07) is 8.69. The first-order valence-corrected chi connectivity index (χ1v) is 20.9. The minimum Gasteiger partial charge on any atom is -0.511 e. The maximum Gasteiger partial charge on any atom is 0.310 e. The summed E-state index contributed by atoms with van der Waals surface area (Å²) < 4.78 is 9.76. The summed E-state index contributed by atoms with van der Waals surface area (Å²) in [6.07, 6.45) is 15.2. The first-order valence-electron chi connectivity index (χ1n) is 20.9. The van der Waals surface area contributed by atoms with Crippen molar-refractivity contribution in [3.8, 4) is 0 Å². The Morgan fingerprint density at radius 3 is 1.29 bits per heavy atom. The van der Waals surface area contributed by atoms with Crippen LogP contribution < -0.4 is 0 Å². The number of carbonyl (C=O) groups is 5. The van der Waals surface area contributed by atoms with Gasteiger partial charge in [-0.1, -0.05) is 102 Å². The third-order valence-corrected chi connectivity index (χ3v) is 12.1. The molecule has 2 aromatic carbocycles. The van der Waals surface area contributed by atoms with Gasteiger partial charge in [-0.3, -0.25) is 24.0 Å². The number of aryl methyl sites for hydroxylation is 6. The number of esters is 3. The van der Waals surface area contributed by atoms with Crippen molar-refractivity contribution in [2.75, 3.05) is 0 Å². The zero-order chi connectivity index (χ0) is 41.4. The van der Waals surface area contributed by atoms with Crippen LogP contribution in [0.4, 0.5) is 0 Å². The number of aliphatic hydroxyl groups is 1. The Morgan fingerprint density at radius 2 is 0.929 bits per heavy atom. The van der Waals surface area contributed by atoms with E-state index in [-0.39, 0.29) is 28.4 Å². The van der Waals surface area contributed by atoms with Crippen LogP contribution in [0.1, 0.15) is 170 Å². The number of allylic oxidation sites excluding steroid dienone is 4. The second kappa shape index (κ2) is 19.2. The maximum atomic E-state index is 13.2. The molecule has 2 spiro atoms. The van der Waals surface area contributed by atoms with Crippen molar-refractivity contribution in [2.24, 2.45) is 10.8 Å². The molecule has 304 valence electrons. The van der Waals surface area contributed by atoms with Gasteiger partial charge in [0.05, 0.1) is 11.1 Å². The molecular formula is C48H64O8. The molecule has 56 heavy (non-hydrogen) atoms. The van der Waals surface area contributed by atoms with Crippen LogP contribution >= 0.6 is 0 Å². The van der Waals surface area contributed by atoms with E-state index in [1.54, 1.807) is 0 Å². The molecule has 0 amide bonds. The van der Waals surface area contributed by atoms with E-state index in [0.29, 0.717) is 35.5 Å². The summed E-state index contributed by atoms with van der Waals surface area (Å²) in [6.45, 7) is 16.5. The molecule has 0 radical (unpaired) electrons. The van der Waals surface area contributed by atoms with Crippen molar-refractivity contribution in [1.82, 2.24) is 0 Å². The van der Waals surface area contributed by atoms with E-state index in [0.717, 1.165) is 88.2 Å². The molecule has 0 aromatic heterocycles. The summed E-state index contributed by atoms with van der Waals surface area (Å²) in [5.41, 5.74) is 10.1. The van der Waals surface area contributed by atoms with Crippen LogP contribution in [0.25, 0.3) is 11.1 Å². The van der Waals surface area contributed by atoms with Gasteiger partial charge in [0, 0.05) is 44.4 Å². The van der Waals surface area contributed by atoms with Gasteiger partial charge in [0.25, 0.3) is 0 Å². The lowest BCUT2D eigenvalue weighted by Gasteiger charge is -2.34. The predicted octanol–water partition coefficient (Wildman–Crippen LogP) is 10.7. The van der Waals surface area contributed by atoms with Gasteiger partial charge in [0.2, 0.25) is 0 Å². The number of hydrogen-bond donors (Lipinski definition) is 1. The van der Waals surface area contributed by atoms with E-state index in [2.05, 4.69) is 70.5 Å². The molecule has 0 bridgehead atoms.